The highest BCUT2D eigenvalue weighted by Crippen LogP contribution is 2.25. The molecule has 4 heteroatoms. The normalized spacial score (nSPS) is 18.1. The summed E-state index contributed by atoms with van der Waals surface area (Å²) in [7, 11) is 0. The number of thiazole rings is 1. The molecule has 0 aromatic carbocycles. The third-order valence-electron chi connectivity index (χ3n) is 7.42. The second-order valence-corrected chi connectivity index (χ2v) is 11.5. The molecule has 2 atom stereocenters. The van der Waals surface area contributed by atoms with Gasteiger partial charge in [-0.05, 0) is 31.6 Å². The summed E-state index contributed by atoms with van der Waals surface area (Å²) < 4.78 is 14.2. The molecule has 1 fully saturated rings. The molecule has 2 heterocycles. The van der Waals surface area contributed by atoms with Gasteiger partial charge in [-0.15, -0.1) is 0 Å². The van der Waals surface area contributed by atoms with Gasteiger partial charge in [0.2, 0.25) is 5.51 Å². The summed E-state index contributed by atoms with van der Waals surface area (Å²) in [6.45, 7) is 6.16. The van der Waals surface area contributed by atoms with Crippen LogP contribution in [0.4, 0.5) is 0 Å². The lowest BCUT2D eigenvalue weighted by Gasteiger charge is -2.10. The van der Waals surface area contributed by atoms with Crippen LogP contribution in [0.25, 0.3) is 0 Å². The maximum atomic E-state index is 6.00. The third-order valence-corrected chi connectivity index (χ3v) is 8.09. The van der Waals surface area contributed by atoms with E-state index in [-0.39, 0.29) is 0 Å². The fraction of sp³-hybridized carbons (Fsp3) is 0.900. The van der Waals surface area contributed by atoms with E-state index >= 15 is 0 Å². The van der Waals surface area contributed by atoms with E-state index in [0.717, 1.165) is 25.7 Å². The van der Waals surface area contributed by atoms with Gasteiger partial charge in [0, 0.05) is 19.6 Å². The van der Waals surface area contributed by atoms with Crippen LogP contribution >= 0.6 is 11.3 Å². The molecule has 0 unspecified atom stereocenters. The van der Waals surface area contributed by atoms with Gasteiger partial charge in [-0.1, -0.05) is 115 Å². The van der Waals surface area contributed by atoms with Gasteiger partial charge in [0.25, 0.3) is 0 Å². The van der Waals surface area contributed by atoms with Crippen molar-refractivity contribution in [2.24, 2.45) is 5.92 Å². The van der Waals surface area contributed by atoms with Crippen molar-refractivity contribution in [2.45, 2.75) is 148 Å². The van der Waals surface area contributed by atoms with E-state index in [0.29, 0.717) is 6.10 Å². The monoisotopic (exact) mass is 494 g/mol. The Balaban J connectivity index is 1.26. The second-order valence-electron chi connectivity index (χ2n) is 10.7. The fourth-order valence-electron chi connectivity index (χ4n) is 5.18. The quantitative estimate of drug-likeness (QED) is 0.106. The number of ether oxygens (including phenoxy) is 2. The zero-order chi connectivity index (χ0) is 23.9. The first-order valence-electron chi connectivity index (χ1n) is 15.0. The van der Waals surface area contributed by atoms with Crippen LogP contribution in [0.15, 0.2) is 17.1 Å². The van der Waals surface area contributed by atoms with E-state index in [1.54, 1.807) is 11.3 Å². The number of nitrogens with zero attached hydrogens (tertiary/aromatic N) is 1. The number of aryl methyl sites for hydroxylation is 1. The SMILES string of the molecule is CCCCCCCCCCCCCC[C@@H]1CO[C@@H](COCCCCCCCC[n+]2ccsc2)C1. The van der Waals surface area contributed by atoms with Gasteiger partial charge in [-0.3, -0.25) is 0 Å². The van der Waals surface area contributed by atoms with Crippen molar-refractivity contribution >= 4 is 11.3 Å². The molecule has 3 nitrogen and oxygen atoms in total. The molecule has 1 aromatic rings. The Morgan fingerprint density at radius 2 is 1.41 bits per heavy atom. The van der Waals surface area contributed by atoms with E-state index in [9.17, 15) is 0 Å². The molecule has 1 saturated heterocycles. The average molecular weight is 495 g/mol. The van der Waals surface area contributed by atoms with Crippen molar-refractivity contribution in [1.29, 1.82) is 0 Å². The highest BCUT2D eigenvalue weighted by Gasteiger charge is 2.24. The molecule has 2 rings (SSSR count). The molecule has 0 amide bonds. The number of unbranched alkanes of at least 4 members (excludes halogenated alkanes) is 16. The number of rotatable bonds is 24. The minimum Gasteiger partial charge on any atom is -0.379 e. The number of hydrogen-bond donors (Lipinski definition) is 0. The summed E-state index contributed by atoms with van der Waals surface area (Å²) in [5.74, 6) is 0.781. The molecule has 0 radical (unpaired) electrons. The minimum absolute atomic E-state index is 0.358. The third kappa shape index (κ3) is 16.3. The van der Waals surface area contributed by atoms with Crippen molar-refractivity contribution in [2.75, 3.05) is 19.8 Å². The van der Waals surface area contributed by atoms with Crippen LogP contribution in [0.5, 0.6) is 0 Å². The van der Waals surface area contributed by atoms with E-state index in [1.807, 2.05) is 0 Å². The zero-order valence-corrected chi connectivity index (χ0v) is 23.3. The zero-order valence-electron chi connectivity index (χ0n) is 22.5. The smallest absolute Gasteiger partial charge is 0.224 e. The molecule has 0 aliphatic carbocycles. The molecular weight excluding hydrogens is 438 g/mol. The average Bonchev–Trinajstić information content (AvgIpc) is 3.53. The summed E-state index contributed by atoms with van der Waals surface area (Å²) in [6, 6.07) is 0. The van der Waals surface area contributed by atoms with Crippen LogP contribution in [0.2, 0.25) is 0 Å². The molecule has 0 spiro atoms. The Bertz CT molecular complexity index is 536. The van der Waals surface area contributed by atoms with Gasteiger partial charge in [0.1, 0.15) is 6.54 Å². The van der Waals surface area contributed by atoms with Crippen molar-refractivity contribution < 1.29 is 14.0 Å². The molecule has 0 saturated carbocycles. The molecule has 198 valence electrons. The summed E-state index contributed by atoms with van der Waals surface area (Å²) in [6.07, 6.45) is 30.2. The van der Waals surface area contributed by atoms with Gasteiger partial charge >= 0.3 is 0 Å². The lowest BCUT2D eigenvalue weighted by Crippen LogP contribution is -2.29. The van der Waals surface area contributed by atoms with E-state index < -0.39 is 0 Å². The van der Waals surface area contributed by atoms with Crippen LogP contribution in [0.3, 0.4) is 0 Å². The predicted molar refractivity (Wildman–Crippen MR) is 147 cm³/mol. The Kier molecular flexibility index (Phi) is 19.1. The first-order chi connectivity index (χ1) is 16.9. The van der Waals surface area contributed by atoms with Crippen LogP contribution in [0, 0.1) is 5.92 Å². The van der Waals surface area contributed by atoms with Gasteiger partial charge in [-0.2, -0.15) is 4.57 Å². The number of hydrogen-bond acceptors (Lipinski definition) is 3. The molecule has 1 aromatic heterocycles. The molecule has 0 N–H and O–H groups in total. The molecule has 1 aliphatic rings. The highest BCUT2D eigenvalue weighted by molar-refractivity contribution is 7.07. The molecule has 1 aliphatic heterocycles. The van der Waals surface area contributed by atoms with Gasteiger partial charge in [-0.25, -0.2) is 0 Å². The van der Waals surface area contributed by atoms with E-state index in [2.05, 4.69) is 28.6 Å². The van der Waals surface area contributed by atoms with Crippen molar-refractivity contribution in [1.82, 2.24) is 0 Å². The largest absolute Gasteiger partial charge is 0.379 e. The first-order valence-corrected chi connectivity index (χ1v) is 15.9. The molecule has 34 heavy (non-hydrogen) atoms. The Hall–Kier alpha value is -0.450. The lowest BCUT2D eigenvalue weighted by atomic mass is 9.97. The van der Waals surface area contributed by atoms with Crippen LogP contribution in [-0.2, 0) is 16.0 Å². The van der Waals surface area contributed by atoms with E-state index in [1.165, 1.54) is 135 Å². The molecule has 0 bridgehead atoms. The van der Waals surface area contributed by atoms with Crippen LogP contribution in [-0.4, -0.2) is 25.9 Å². The van der Waals surface area contributed by atoms with Gasteiger partial charge in [0.15, 0.2) is 6.20 Å². The number of aromatic nitrogens is 1. The van der Waals surface area contributed by atoms with Gasteiger partial charge in [0.05, 0.1) is 18.1 Å². The van der Waals surface area contributed by atoms with E-state index in [4.69, 9.17) is 9.47 Å². The Labute approximate surface area is 216 Å². The summed E-state index contributed by atoms with van der Waals surface area (Å²) >= 11 is 1.78. The fourth-order valence-corrected chi connectivity index (χ4v) is 5.81. The standard InChI is InChI=1S/C30H56NO2S/c1-2-3-4-5-6-7-8-9-10-11-14-17-20-29-25-30(33-26-29)27-32-23-19-16-13-12-15-18-21-31-22-24-34-28-31/h22,24,28-30H,2-21,23,25-27H2,1H3/q+1/t29-,30+/m0/s1. The van der Waals surface area contributed by atoms with Crippen molar-refractivity contribution in [3.8, 4) is 0 Å². The maximum Gasteiger partial charge on any atom is 0.224 e. The first kappa shape index (κ1) is 29.8. The predicted octanol–water partition coefficient (Wildman–Crippen LogP) is 8.89. The lowest BCUT2D eigenvalue weighted by molar-refractivity contribution is -0.692. The summed E-state index contributed by atoms with van der Waals surface area (Å²) in [4.78, 5) is 0. The van der Waals surface area contributed by atoms with Gasteiger partial charge < -0.3 is 9.47 Å². The Morgan fingerprint density at radius 3 is 2.06 bits per heavy atom. The van der Waals surface area contributed by atoms with Crippen LogP contribution in [0.1, 0.15) is 135 Å². The topological polar surface area (TPSA) is 22.3 Å². The summed E-state index contributed by atoms with van der Waals surface area (Å²) in [5, 5.41) is 2.15. The maximum absolute atomic E-state index is 6.00. The Morgan fingerprint density at radius 1 is 0.794 bits per heavy atom. The summed E-state index contributed by atoms with van der Waals surface area (Å²) in [5.41, 5.74) is 2.20. The van der Waals surface area contributed by atoms with Crippen molar-refractivity contribution in [3.63, 3.8) is 0 Å². The minimum atomic E-state index is 0.358. The highest BCUT2D eigenvalue weighted by atomic mass is 32.1. The van der Waals surface area contributed by atoms with Crippen molar-refractivity contribution in [3.05, 3.63) is 17.1 Å². The molecular formula is C30H56NO2S+. The second kappa shape index (κ2) is 21.8. The van der Waals surface area contributed by atoms with Crippen LogP contribution < -0.4 is 4.57 Å².